The average molecular weight is 294 g/mol. The Bertz CT molecular complexity index is 621. The monoisotopic (exact) mass is 294 g/mol. The van der Waals surface area contributed by atoms with Gasteiger partial charge in [-0.05, 0) is 67.6 Å². The van der Waals surface area contributed by atoms with Crippen molar-refractivity contribution < 1.29 is 0 Å². The SMILES string of the molecule is CNCCc1cccc(NC2c3ccccc3CCC2C)c1. The van der Waals surface area contributed by atoms with Crippen LogP contribution in [0.1, 0.15) is 36.1 Å². The molecule has 3 rings (SSSR count). The number of fused-ring (bicyclic) bond motifs is 1. The first-order chi connectivity index (χ1) is 10.8. The summed E-state index contributed by atoms with van der Waals surface area (Å²) in [5, 5.41) is 7.00. The fraction of sp³-hybridized carbons (Fsp3) is 0.400. The van der Waals surface area contributed by atoms with Crippen molar-refractivity contribution in [2.45, 2.75) is 32.2 Å². The minimum absolute atomic E-state index is 0.421. The van der Waals surface area contributed by atoms with Crippen LogP contribution in [0.4, 0.5) is 5.69 Å². The Morgan fingerprint density at radius 1 is 1.09 bits per heavy atom. The largest absolute Gasteiger partial charge is 0.378 e. The maximum atomic E-state index is 3.78. The lowest BCUT2D eigenvalue weighted by molar-refractivity contribution is 0.434. The standard InChI is InChI=1S/C20H26N2/c1-15-10-11-17-7-3-4-9-19(17)20(15)22-18-8-5-6-16(14-18)12-13-21-2/h3-9,14-15,20-22H,10-13H2,1-2H3. The normalized spacial score (nSPS) is 20.5. The summed E-state index contributed by atoms with van der Waals surface area (Å²) in [6.07, 6.45) is 3.54. The first-order valence-electron chi connectivity index (χ1n) is 8.36. The number of anilines is 1. The summed E-state index contributed by atoms with van der Waals surface area (Å²) in [5.41, 5.74) is 5.60. The number of rotatable bonds is 5. The van der Waals surface area contributed by atoms with Crippen LogP contribution < -0.4 is 10.6 Å². The molecule has 22 heavy (non-hydrogen) atoms. The van der Waals surface area contributed by atoms with Gasteiger partial charge in [0.1, 0.15) is 0 Å². The molecule has 1 aliphatic carbocycles. The van der Waals surface area contributed by atoms with Crippen molar-refractivity contribution >= 4 is 5.69 Å². The van der Waals surface area contributed by atoms with Gasteiger partial charge >= 0.3 is 0 Å². The van der Waals surface area contributed by atoms with Crippen molar-refractivity contribution in [2.24, 2.45) is 5.92 Å². The highest BCUT2D eigenvalue weighted by atomic mass is 14.9. The molecule has 0 amide bonds. The first-order valence-corrected chi connectivity index (χ1v) is 8.36. The minimum Gasteiger partial charge on any atom is -0.378 e. The van der Waals surface area contributed by atoms with Crippen molar-refractivity contribution in [1.82, 2.24) is 5.32 Å². The number of aryl methyl sites for hydroxylation is 1. The summed E-state index contributed by atoms with van der Waals surface area (Å²) in [7, 11) is 2.00. The quantitative estimate of drug-likeness (QED) is 0.864. The molecule has 0 saturated carbocycles. The smallest absolute Gasteiger partial charge is 0.0542 e. The molecule has 0 saturated heterocycles. The molecule has 2 nitrogen and oxygen atoms in total. The third-order valence-electron chi connectivity index (χ3n) is 4.74. The minimum atomic E-state index is 0.421. The van der Waals surface area contributed by atoms with Gasteiger partial charge in [0, 0.05) is 5.69 Å². The van der Waals surface area contributed by atoms with E-state index in [1.807, 2.05) is 7.05 Å². The molecule has 0 bridgehead atoms. The fourth-order valence-electron chi connectivity index (χ4n) is 3.41. The van der Waals surface area contributed by atoms with Gasteiger partial charge in [0.25, 0.3) is 0 Å². The van der Waals surface area contributed by atoms with E-state index in [1.54, 1.807) is 0 Å². The van der Waals surface area contributed by atoms with E-state index in [0.29, 0.717) is 12.0 Å². The first kappa shape index (κ1) is 15.1. The van der Waals surface area contributed by atoms with Gasteiger partial charge < -0.3 is 10.6 Å². The van der Waals surface area contributed by atoms with Crippen molar-refractivity contribution in [3.63, 3.8) is 0 Å². The molecular formula is C20H26N2. The maximum Gasteiger partial charge on any atom is 0.0542 e. The van der Waals surface area contributed by atoms with Gasteiger partial charge in [-0.25, -0.2) is 0 Å². The van der Waals surface area contributed by atoms with Gasteiger partial charge in [-0.3, -0.25) is 0 Å². The highest BCUT2D eigenvalue weighted by Crippen LogP contribution is 2.36. The summed E-state index contributed by atoms with van der Waals surface area (Å²) in [5.74, 6) is 0.663. The summed E-state index contributed by atoms with van der Waals surface area (Å²) < 4.78 is 0. The Hall–Kier alpha value is -1.80. The van der Waals surface area contributed by atoms with Crippen LogP contribution in [0.15, 0.2) is 48.5 Å². The highest BCUT2D eigenvalue weighted by Gasteiger charge is 2.25. The number of benzene rings is 2. The topological polar surface area (TPSA) is 24.1 Å². The summed E-state index contributed by atoms with van der Waals surface area (Å²) >= 11 is 0. The number of nitrogens with one attached hydrogen (secondary N) is 2. The second-order valence-corrected chi connectivity index (χ2v) is 6.39. The van der Waals surface area contributed by atoms with E-state index < -0.39 is 0 Å². The highest BCUT2D eigenvalue weighted by molar-refractivity contribution is 5.49. The van der Waals surface area contributed by atoms with Crippen molar-refractivity contribution in [2.75, 3.05) is 18.9 Å². The Morgan fingerprint density at radius 3 is 2.82 bits per heavy atom. The van der Waals surface area contributed by atoms with Crippen LogP contribution in [-0.4, -0.2) is 13.6 Å². The van der Waals surface area contributed by atoms with Gasteiger partial charge in [-0.15, -0.1) is 0 Å². The van der Waals surface area contributed by atoms with E-state index in [0.717, 1.165) is 13.0 Å². The van der Waals surface area contributed by atoms with E-state index >= 15 is 0 Å². The summed E-state index contributed by atoms with van der Waals surface area (Å²) in [4.78, 5) is 0. The molecular weight excluding hydrogens is 268 g/mol. The molecule has 0 heterocycles. The third kappa shape index (κ3) is 3.33. The van der Waals surface area contributed by atoms with Gasteiger partial charge in [0.05, 0.1) is 6.04 Å². The number of hydrogen-bond donors (Lipinski definition) is 2. The second kappa shape index (κ2) is 6.97. The van der Waals surface area contributed by atoms with Crippen LogP contribution in [0.3, 0.4) is 0 Å². The Kier molecular flexibility index (Phi) is 4.79. The molecule has 2 aromatic carbocycles. The molecule has 2 atom stereocenters. The molecule has 2 unspecified atom stereocenters. The summed E-state index contributed by atoms with van der Waals surface area (Å²) in [6.45, 7) is 3.38. The molecule has 2 aromatic rings. The van der Waals surface area contributed by atoms with Crippen LogP contribution in [0, 0.1) is 5.92 Å². The average Bonchev–Trinajstić information content (AvgIpc) is 2.56. The molecule has 2 N–H and O–H groups in total. The maximum absolute atomic E-state index is 3.78. The molecule has 0 aliphatic heterocycles. The van der Waals surface area contributed by atoms with Gasteiger partial charge in [0.15, 0.2) is 0 Å². The summed E-state index contributed by atoms with van der Waals surface area (Å²) in [6, 6.07) is 18.2. The van der Waals surface area contributed by atoms with E-state index in [4.69, 9.17) is 0 Å². The molecule has 0 aromatic heterocycles. The molecule has 1 aliphatic rings. The van der Waals surface area contributed by atoms with Crippen LogP contribution in [-0.2, 0) is 12.8 Å². The number of hydrogen-bond acceptors (Lipinski definition) is 2. The lowest BCUT2D eigenvalue weighted by Crippen LogP contribution is -2.24. The third-order valence-corrected chi connectivity index (χ3v) is 4.74. The molecule has 0 spiro atoms. The van der Waals surface area contributed by atoms with Gasteiger partial charge in [-0.1, -0.05) is 43.3 Å². The second-order valence-electron chi connectivity index (χ2n) is 6.39. The van der Waals surface area contributed by atoms with E-state index in [-0.39, 0.29) is 0 Å². The van der Waals surface area contributed by atoms with E-state index in [9.17, 15) is 0 Å². The molecule has 0 fully saturated rings. The molecule has 2 heteroatoms. The van der Waals surface area contributed by atoms with Crippen LogP contribution in [0.2, 0.25) is 0 Å². The van der Waals surface area contributed by atoms with Crippen molar-refractivity contribution in [3.8, 4) is 0 Å². The zero-order chi connectivity index (χ0) is 15.4. The van der Waals surface area contributed by atoms with E-state index in [2.05, 4.69) is 66.1 Å². The Morgan fingerprint density at radius 2 is 1.95 bits per heavy atom. The molecule has 116 valence electrons. The fourth-order valence-corrected chi connectivity index (χ4v) is 3.41. The van der Waals surface area contributed by atoms with Crippen molar-refractivity contribution in [3.05, 3.63) is 65.2 Å². The van der Waals surface area contributed by atoms with Gasteiger partial charge in [0.2, 0.25) is 0 Å². The van der Waals surface area contributed by atoms with Crippen LogP contribution in [0.25, 0.3) is 0 Å². The lowest BCUT2D eigenvalue weighted by atomic mass is 9.80. The molecule has 0 radical (unpaired) electrons. The Balaban J connectivity index is 1.80. The van der Waals surface area contributed by atoms with Crippen LogP contribution in [0.5, 0.6) is 0 Å². The Labute approximate surface area is 134 Å². The number of likely N-dealkylation sites (N-methyl/N-ethyl adjacent to an activating group) is 1. The van der Waals surface area contributed by atoms with E-state index in [1.165, 1.54) is 35.2 Å². The predicted octanol–water partition coefficient (Wildman–Crippen LogP) is 4.18. The zero-order valence-corrected chi connectivity index (χ0v) is 13.6. The predicted molar refractivity (Wildman–Crippen MR) is 94.4 cm³/mol. The van der Waals surface area contributed by atoms with Crippen LogP contribution >= 0.6 is 0 Å². The van der Waals surface area contributed by atoms with Gasteiger partial charge in [-0.2, -0.15) is 0 Å². The zero-order valence-electron chi connectivity index (χ0n) is 13.6. The lowest BCUT2D eigenvalue weighted by Gasteiger charge is -2.33. The van der Waals surface area contributed by atoms with Crippen molar-refractivity contribution in [1.29, 1.82) is 0 Å².